The lowest BCUT2D eigenvalue weighted by Crippen LogP contribution is -2.36. The van der Waals surface area contributed by atoms with Gasteiger partial charge in [0.1, 0.15) is 23.2 Å². The highest BCUT2D eigenvalue weighted by atomic mass is 19.1. The molecule has 2 aromatic carbocycles. The van der Waals surface area contributed by atoms with Gasteiger partial charge in [0.25, 0.3) is 0 Å². The van der Waals surface area contributed by atoms with Crippen LogP contribution in [0.15, 0.2) is 48.0 Å². The minimum Gasteiger partial charge on any atom is -0.497 e. The zero-order valence-electron chi connectivity index (χ0n) is 14.9. The first kappa shape index (κ1) is 18.6. The van der Waals surface area contributed by atoms with Crippen molar-refractivity contribution in [2.45, 2.75) is 0 Å². The van der Waals surface area contributed by atoms with E-state index in [-0.39, 0.29) is 11.1 Å². The fraction of sp³-hybridized carbons (Fsp3) is 0.238. The van der Waals surface area contributed by atoms with Gasteiger partial charge in [-0.1, -0.05) is 12.1 Å². The Balaban J connectivity index is 1.86. The molecule has 1 aliphatic heterocycles. The van der Waals surface area contributed by atoms with Gasteiger partial charge in [-0.05, 0) is 42.0 Å². The second-order valence-corrected chi connectivity index (χ2v) is 6.04. The standard InChI is InChI=1S/C21H19FN2O3/c1-26-18-4-2-3-15(12-18)11-17(14-23)21(25)16-5-6-20(19(22)13-16)24-7-9-27-10-8-24/h2-6,11-13H,7-10H2,1H3. The normalized spacial score (nSPS) is 14.6. The van der Waals surface area contributed by atoms with Gasteiger partial charge in [-0.15, -0.1) is 0 Å². The molecule has 0 amide bonds. The number of ketones is 1. The molecule has 5 nitrogen and oxygen atoms in total. The number of benzene rings is 2. The molecule has 0 radical (unpaired) electrons. The molecule has 1 fully saturated rings. The molecule has 0 N–H and O–H groups in total. The zero-order chi connectivity index (χ0) is 19.2. The molecule has 2 aromatic rings. The summed E-state index contributed by atoms with van der Waals surface area (Å²) in [7, 11) is 1.54. The number of carbonyl (C=O) groups excluding carboxylic acids is 1. The molecule has 1 heterocycles. The van der Waals surface area contributed by atoms with Crippen molar-refractivity contribution >= 4 is 17.5 Å². The summed E-state index contributed by atoms with van der Waals surface area (Å²) in [6, 6.07) is 13.2. The molecule has 0 aromatic heterocycles. The molecule has 138 valence electrons. The number of rotatable bonds is 5. The molecule has 0 saturated carbocycles. The molecular weight excluding hydrogens is 347 g/mol. The molecule has 1 saturated heterocycles. The Labute approximate surface area is 157 Å². The molecule has 0 spiro atoms. The quantitative estimate of drug-likeness (QED) is 0.461. The van der Waals surface area contributed by atoms with E-state index in [2.05, 4.69) is 0 Å². The number of morpholine rings is 1. The van der Waals surface area contributed by atoms with Crippen molar-refractivity contribution in [3.63, 3.8) is 0 Å². The molecule has 0 aliphatic carbocycles. The molecule has 1 aliphatic rings. The van der Waals surface area contributed by atoms with Crippen LogP contribution in [0.4, 0.5) is 10.1 Å². The maximum Gasteiger partial charge on any atom is 0.203 e. The Morgan fingerprint density at radius 3 is 2.70 bits per heavy atom. The molecular formula is C21H19FN2O3. The fourth-order valence-electron chi connectivity index (χ4n) is 2.91. The van der Waals surface area contributed by atoms with Crippen molar-refractivity contribution in [1.82, 2.24) is 0 Å². The first-order valence-electron chi connectivity index (χ1n) is 8.55. The molecule has 0 atom stereocenters. The first-order valence-corrected chi connectivity index (χ1v) is 8.55. The third-order valence-electron chi connectivity index (χ3n) is 4.33. The summed E-state index contributed by atoms with van der Waals surface area (Å²) in [6.45, 7) is 2.29. The van der Waals surface area contributed by atoms with E-state index in [0.717, 1.165) is 0 Å². The second kappa shape index (κ2) is 8.47. The van der Waals surface area contributed by atoms with Crippen molar-refractivity contribution < 1.29 is 18.7 Å². The van der Waals surface area contributed by atoms with Gasteiger partial charge in [0.2, 0.25) is 5.78 Å². The third kappa shape index (κ3) is 4.33. The summed E-state index contributed by atoms with van der Waals surface area (Å²) < 4.78 is 24.9. The van der Waals surface area contributed by atoms with Crippen molar-refractivity contribution in [2.24, 2.45) is 0 Å². The minimum atomic E-state index is -0.521. The van der Waals surface area contributed by atoms with E-state index in [9.17, 15) is 14.4 Å². The number of methoxy groups -OCH3 is 1. The van der Waals surface area contributed by atoms with Crippen LogP contribution in [0.1, 0.15) is 15.9 Å². The number of allylic oxidation sites excluding steroid dienone is 1. The summed E-state index contributed by atoms with van der Waals surface area (Å²) in [5.41, 5.74) is 1.16. The van der Waals surface area contributed by atoms with Crippen molar-refractivity contribution in [1.29, 1.82) is 5.26 Å². The lowest BCUT2D eigenvalue weighted by atomic mass is 10.0. The van der Waals surface area contributed by atoms with Crippen molar-refractivity contribution in [3.8, 4) is 11.8 Å². The number of anilines is 1. The Hall–Kier alpha value is -3.17. The van der Waals surface area contributed by atoms with Crippen LogP contribution in [0, 0.1) is 17.1 Å². The zero-order valence-corrected chi connectivity index (χ0v) is 14.9. The highest BCUT2D eigenvalue weighted by molar-refractivity contribution is 6.14. The number of Topliss-reactive ketones (excluding diaryl/α,β-unsaturated/α-hetero) is 1. The van der Waals surface area contributed by atoms with Gasteiger partial charge in [-0.25, -0.2) is 4.39 Å². The topological polar surface area (TPSA) is 62.6 Å². The van der Waals surface area contributed by atoms with Gasteiger partial charge in [0.15, 0.2) is 0 Å². The lowest BCUT2D eigenvalue weighted by Gasteiger charge is -2.29. The van der Waals surface area contributed by atoms with Crippen LogP contribution in [0.25, 0.3) is 6.08 Å². The monoisotopic (exact) mass is 366 g/mol. The Morgan fingerprint density at radius 1 is 1.26 bits per heavy atom. The number of ether oxygens (including phenoxy) is 2. The molecule has 3 rings (SSSR count). The number of carbonyl (C=O) groups is 1. The summed E-state index contributed by atoms with van der Waals surface area (Å²) in [5.74, 6) is -0.386. The van der Waals surface area contributed by atoms with Crippen LogP contribution in [0.2, 0.25) is 0 Å². The van der Waals surface area contributed by atoms with Gasteiger partial charge in [-0.2, -0.15) is 5.26 Å². The highest BCUT2D eigenvalue weighted by Gasteiger charge is 2.18. The second-order valence-electron chi connectivity index (χ2n) is 6.04. The summed E-state index contributed by atoms with van der Waals surface area (Å²) in [5, 5.41) is 9.39. The Bertz CT molecular complexity index is 912. The van der Waals surface area contributed by atoms with E-state index >= 15 is 0 Å². The highest BCUT2D eigenvalue weighted by Crippen LogP contribution is 2.23. The maximum absolute atomic E-state index is 14.5. The Kier molecular flexibility index (Phi) is 5.84. The van der Waals surface area contributed by atoms with E-state index in [4.69, 9.17) is 9.47 Å². The molecule has 0 unspecified atom stereocenters. The van der Waals surface area contributed by atoms with Crippen LogP contribution in [-0.4, -0.2) is 39.2 Å². The van der Waals surface area contributed by atoms with E-state index < -0.39 is 11.6 Å². The Morgan fingerprint density at radius 2 is 2.04 bits per heavy atom. The first-order chi connectivity index (χ1) is 13.1. The van der Waals surface area contributed by atoms with E-state index in [0.29, 0.717) is 43.3 Å². The summed E-state index contributed by atoms with van der Waals surface area (Å²) >= 11 is 0. The smallest absolute Gasteiger partial charge is 0.203 e. The minimum absolute atomic E-state index is 0.0678. The van der Waals surface area contributed by atoms with Gasteiger partial charge in [0.05, 0.1) is 26.0 Å². The van der Waals surface area contributed by atoms with Crippen LogP contribution >= 0.6 is 0 Å². The van der Waals surface area contributed by atoms with Crippen LogP contribution in [0.5, 0.6) is 5.75 Å². The predicted octanol–water partition coefficient (Wildman–Crippen LogP) is 3.46. The molecule has 6 heteroatoms. The average molecular weight is 366 g/mol. The summed E-state index contributed by atoms with van der Waals surface area (Å²) in [4.78, 5) is 14.5. The predicted molar refractivity (Wildman–Crippen MR) is 100 cm³/mol. The molecule has 27 heavy (non-hydrogen) atoms. The number of nitrogens with zero attached hydrogens (tertiary/aromatic N) is 2. The van der Waals surface area contributed by atoms with Crippen molar-refractivity contribution in [3.05, 3.63) is 65.0 Å². The van der Waals surface area contributed by atoms with E-state index in [1.165, 1.54) is 19.3 Å². The van der Waals surface area contributed by atoms with Gasteiger partial charge >= 0.3 is 0 Å². The van der Waals surface area contributed by atoms with E-state index in [1.807, 2.05) is 11.0 Å². The fourth-order valence-corrected chi connectivity index (χ4v) is 2.91. The SMILES string of the molecule is COc1cccc(C=C(C#N)C(=O)c2ccc(N3CCOCC3)c(F)c2)c1. The number of hydrogen-bond donors (Lipinski definition) is 0. The summed E-state index contributed by atoms with van der Waals surface area (Å²) in [6.07, 6.45) is 1.47. The van der Waals surface area contributed by atoms with Crippen LogP contribution in [0.3, 0.4) is 0 Å². The average Bonchev–Trinajstić information content (AvgIpc) is 2.72. The van der Waals surface area contributed by atoms with Crippen LogP contribution in [-0.2, 0) is 4.74 Å². The van der Waals surface area contributed by atoms with Gasteiger partial charge in [0, 0.05) is 18.7 Å². The lowest BCUT2D eigenvalue weighted by molar-refractivity contribution is 0.103. The van der Waals surface area contributed by atoms with Gasteiger partial charge in [-0.3, -0.25) is 4.79 Å². The molecule has 0 bridgehead atoms. The number of hydrogen-bond acceptors (Lipinski definition) is 5. The number of nitriles is 1. The van der Waals surface area contributed by atoms with E-state index in [1.54, 1.807) is 36.4 Å². The third-order valence-corrected chi connectivity index (χ3v) is 4.33. The van der Waals surface area contributed by atoms with Gasteiger partial charge < -0.3 is 14.4 Å². The van der Waals surface area contributed by atoms with Crippen LogP contribution < -0.4 is 9.64 Å². The van der Waals surface area contributed by atoms with Crippen molar-refractivity contribution in [2.75, 3.05) is 38.3 Å². The largest absolute Gasteiger partial charge is 0.497 e. The number of halogens is 1. The maximum atomic E-state index is 14.5.